The van der Waals surface area contributed by atoms with Gasteiger partial charge in [0.05, 0.1) is 11.1 Å². The SMILES string of the molecule is Nc1ccnc(SCC2CCCO2)c1. The minimum absolute atomic E-state index is 0.406. The molecule has 3 nitrogen and oxygen atoms in total. The Morgan fingerprint density at radius 3 is 3.29 bits per heavy atom. The van der Waals surface area contributed by atoms with Crippen molar-refractivity contribution in [1.82, 2.24) is 4.98 Å². The number of anilines is 1. The lowest BCUT2D eigenvalue weighted by Crippen LogP contribution is -2.07. The van der Waals surface area contributed by atoms with Gasteiger partial charge < -0.3 is 10.5 Å². The summed E-state index contributed by atoms with van der Waals surface area (Å²) >= 11 is 1.72. The van der Waals surface area contributed by atoms with E-state index < -0.39 is 0 Å². The number of pyridine rings is 1. The third-order valence-corrected chi connectivity index (χ3v) is 3.26. The maximum absolute atomic E-state index is 5.66. The van der Waals surface area contributed by atoms with Crippen LogP contribution in [0.2, 0.25) is 0 Å². The van der Waals surface area contributed by atoms with Crippen LogP contribution in [0.15, 0.2) is 23.4 Å². The molecule has 2 rings (SSSR count). The molecule has 0 bridgehead atoms. The van der Waals surface area contributed by atoms with Gasteiger partial charge in [0.25, 0.3) is 0 Å². The Morgan fingerprint density at radius 1 is 1.64 bits per heavy atom. The monoisotopic (exact) mass is 210 g/mol. The molecule has 4 heteroatoms. The van der Waals surface area contributed by atoms with Gasteiger partial charge in [0.1, 0.15) is 0 Å². The number of nitrogens with zero attached hydrogens (tertiary/aromatic N) is 1. The van der Waals surface area contributed by atoms with Crippen molar-refractivity contribution in [2.75, 3.05) is 18.1 Å². The second kappa shape index (κ2) is 4.66. The molecule has 1 aliphatic rings. The highest BCUT2D eigenvalue weighted by molar-refractivity contribution is 7.99. The highest BCUT2D eigenvalue weighted by atomic mass is 32.2. The largest absolute Gasteiger partial charge is 0.399 e. The third kappa shape index (κ3) is 2.62. The first-order chi connectivity index (χ1) is 6.84. The van der Waals surface area contributed by atoms with Crippen LogP contribution in [0.1, 0.15) is 12.8 Å². The molecule has 0 saturated carbocycles. The van der Waals surface area contributed by atoms with Crippen molar-refractivity contribution in [2.45, 2.75) is 24.0 Å². The summed E-state index contributed by atoms with van der Waals surface area (Å²) in [5.41, 5.74) is 6.43. The standard InChI is InChI=1S/C10H14N2OS/c11-8-3-4-12-10(6-8)14-7-9-2-1-5-13-9/h3-4,6,9H,1-2,5,7H2,(H2,11,12). The molecule has 1 aliphatic heterocycles. The minimum Gasteiger partial charge on any atom is -0.399 e. The van der Waals surface area contributed by atoms with Crippen LogP contribution in [0.4, 0.5) is 5.69 Å². The molecule has 1 atom stereocenters. The number of rotatable bonds is 3. The van der Waals surface area contributed by atoms with E-state index in [1.807, 2.05) is 6.07 Å². The van der Waals surface area contributed by atoms with Crippen LogP contribution in [0, 0.1) is 0 Å². The zero-order valence-electron chi connectivity index (χ0n) is 7.98. The molecule has 1 aromatic rings. The minimum atomic E-state index is 0.406. The van der Waals surface area contributed by atoms with Gasteiger partial charge in [0, 0.05) is 24.2 Å². The Bertz CT molecular complexity index is 300. The van der Waals surface area contributed by atoms with E-state index in [0.29, 0.717) is 6.10 Å². The van der Waals surface area contributed by atoms with E-state index in [-0.39, 0.29) is 0 Å². The fourth-order valence-electron chi connectivity index (χ4n) is 1.46. The predicted octanol–water partition coefficient (Wildman–Crippen LogP) is 1.93. The summed E-state index contributed by atoms with van der Waals surface area (Å²) in [5.74, 6) is 0.983. The molecule has 0 aliphatic carbocycles. The first kappa shape index (κ1) is 9.80. The van der Waals surface area contributed by atoms with Crippen LogP contribution in [-0.2, 0) is 4.74 Å². The smallest absolute Gasteiger partial charge is 0.0981 e. The fourth-order valence-corrected chi connectivity index (χ4v) is 2.43. The second-order valence-corrected chi connectivity index (χ2v) is 4.41. The van der Waals surface area contributed by atoms with E-state index in [4.69, 9.17) is 10.5 Å². The van der Waals surface area contributed by atoms with E-state index in [9.17, 15) is 0 Å². The van der Waals surface area contributed by atoms with Crippen molar-refractivity contribution < 1.29 is 4.74 Å². The fraction of sp³-hybridized carbons (Fsp3) is 0.500. The maximum Gasteiger partial charge on any atom is 0.0981 e. The number of aromatic nitrogens is 1. The average molecular weight is 210 g/mol. The first-order valence-electron chi connectivity index (χ1n) is 4.80. The first-order valence-corrected chi connectivity index (χ1v) is 5.79. The van der Waals surface area contributed by atoms with Gasteiger partial charge in [-0.05, 0) is 25.0 Å². The molecule has 2 heterocycles. The van der Waals surface area contributed by atoms with E-state index in [2.05, 4.69) is 4.98 Å². The van der Waals surface area contributed by atoms with Gasteiger partial charge >= 0.3 is 0 Å². The Labute approximate surface area is 88.0 Å². The Hall–Kier alpha value is -0.740. The summed E-state index contributed by atoms with van der Waals surface area (Å²) < 4.78 is 5.53. The van der Waals surface area contributed by atoms with Crippen LogP contribution in [0.3, 0.4) is 0 Å². The summed E-state index contributed by atoms with van der Waals surface area (Å²) in [6.07, 6.45) is 4.51. The van der Waals surface area contributed by atoms with E-state index in [0.717, 1.165) is 23.1 Å². The van der Waals surface area contributed by atoms with Gasteiger partial charge in [-0.25, -0.2) is 4.98 Å². The molecule has 1 aromatic heterocycles. The molecule has 0 amide bonds. The zero-order chi connectivity index (χ0) is 9.80. The summed E-state index contributed by atoms with van der Waals surface area (Å²) in [7, 11) is 0. The molecule has 1 fully saturated rings. The number of ether oxygens (including phenoxy) is 1. The third-order valence-electron chi connectivity index (χ3n) is 2.20. The van der Waals surface area contributed by atoms with Gasteiger partial charge in [-0.2, -0.15) is 0 Å². The Morgan fingerprint density at radius 2 is 2.57 bits per heavy atom. The highest BCUT2D eigenvalue weighted by Gasteiger charge is 2.15. The van der Waals surface area contributed by atoms with Gasteiger partial charge in [-0.15, -0.1) is 11.8 Å². The van der Waals surface area contributed by atoms with Crippen molar-refractivity contribution in [3.05, 3.63) is 18.3 Å². The van der Waals surface area contributed by atoms with Crippen LogP contribution >= 0.6 is 11.8 Å². The lowest BCUT2D eigenvalue weighted by molar-refractivity contribution is 0.129. The van der Waals surface area contributed by atoms with Gasteiger partial charge in [-0.1, -0.05) is 0 Å². The van der Waals surface area contributed by atoms with E-state index >= 15 is 0 Å². The molecular formula is C10H14N2OS. The molecule has 1 saturated heterocycles. The van der Waals surface area contributed by atoms with Crippen molar-refractivity contribution in [3.8, 4) is 0 Å². The number of nitrogen functional groups attached to an aromatic ring is 1. The number of thioether (sulfide) groups is 1. The quantitative estimate of drug-likeness (QED) is 0.774. The molecule has 0 radical (unpaired) electrons. The van der Waals surface area contributed by atoms with Crippen molar-refractivity contribution >= 4 is 17.4 Å². The Balaban J connectivity index is 1.85. The molecule has 2 N–H and O–H groups in total. The summed E-state index contributed by atoms with van der Waals surface area (Å²) in [4.78, 5) is 4.23. The van der Waals surface area contributed by atoms with Gasteiger partial charge in [0.2, 0.25) is 0 Å². The van der Waals surface area contributed by atoms with Crippen molar-refractivity contribution in [3.63, 3.8) is 0 Å². The van der Waals surface area contributed by atoms with Crippen molar-refractivity contribution in [1.29, 1.82) is 0 Å². The molecule has 0 spiro atoms. The summed E-state index contributed by atoms with van der Waals surface area (Å²) in [6, 6.07) is 3.70. The summed E-state index contributed by atoms with van der Waals surface area (Å²) in [6.45, 7) is 0.912. The zero-order valence-corrected chi connectivity index (χ0v) is 8.80. The molecule has 0 aromatic carbocycles. The van der Waals surface area contributed by atoms with Crippen LogP contribution in [-0.4, -0.2) is 23.4 Å². The number of hydrogen-bond acceptors (Lipinski definition) is 4. The van der Waals surface area contributed by atoms with E-state index in [1.54, 1.807) is 24.0 Å². The number of hydrogen-bond donors (Lipinski definition) is 1. The molecule has 1 unspecified atom stereocenters. The van der Waals surface area contributed by atoms with Crippen LogP contribution in [0.25, 0.3) is 0 Å². The van der Waals surface area contributed by atoms with Crippen molar-refractivity contribution in [2.24, 2.45) is 0 Å². The Kier molecular flexibility index (Phi) is 3.26. The molecule has 14 heavy (non-hydrogen) atoms. The lowest BCUT2D eigenvalue weighted by atomic mass is 10.3. The maximum atomic E-state index is 5.66. The van der Waals surface area contributed by atoms with Gasteiger partial charge in [-0.3, -0.25) is 0 Å². The molecule has 76 valence electrons. The topological polar surface area (TPSA) is 48.1 Å². The van der Waals surface area contributed by atoms with Crippen LogP contribution < -0.4 is 5.73 Å². The average Bonchev–Trinajstić information content (AvgIpc) is 2.67. The normalized spacial score (nSPS) is 21.3. The van der Waals surface area contributed by atoms with Crippen LogP contribution in [0.5, 0.6) is 0 Å². The lowest BCUT2D eigenvalue weighted by Gasteiger charge is -2.07. The highest BCUT2D eigenvalue weighted by Crippen LogP contribution is 2.23. The molecular weight excluding hydrogens is 196 g/mol. The van der Waals surface area contributed by atoms with E-state index in [1.165, 1.54) is 12.8 Å². The van der Waals surface area contributed by atoms with Gasteiger partial charge in [0.15, 0.2) is 0 Å². The summed E-state index contributed by atoms with van der Waals surface area (Å²) in [5, 5.41) is 0.987. The number of nitrogens with two attached hydrogens (primary N) is 1. The second-order valence-electron chi connectivity index (χ2n) is 3.37. The predicted molar refractivity (Wildman–Crippen MR) is 58.3 cm³/mol.